The van der Waals surface area contributed by atoms with Gasteiger partial charge in [0.25, 0.3) is 0 Å². The molecular weight excluding hydrogens is 240 g/mol. The molecule has 1 N–H and O–H groups in total. The summed E-state index contributed by atoms with van der Waals surface area (Å²) >= 11 is 0. The minimum Gasteiger partial charge on any atom is -0.497 e. The Morgan fingerprint density at radius 3 is 2.47 bits per heavy atom. The lowest BCUT2D eigenvalue weighted by molar-refractivity contribution is 0.398. The third-order valence-corrected chi connectivity index (χ3v) is 2.81. The van der Waals surface area contributed by atoms with Gasteiger partial charge in [-0.1, -0.05) is 18.2 Å². The zero-order valence-electron chi connectivity index (χ0n) is 11.2. The molecule has 2 aromatic rings. The summed E-state index contributed by atoms with van der Waals surface area (Å²) in [7, 11) is 3.29. The highest BCUT2D eigenvalue weighted by molar-refractivity contribution is 5.37. The number of anilines is 1. The Labute approximate surface area is 113 Å². The number of rotatable bonds is 6. The van der Waals surface area contributed by atoms with Gasteiger partial charge in [0.05, 0.1) is 14.2 Å². The standard InChI is InChI=1S/C15H18N2O2/c1-18-13-8-6-12(7-9-13)10-11-16-14-4-3-5-15(17-14)19-2/h3-9H,10-11H2,1-2H3,(H,16,17). The molecule has 2 rings (SSSR count). The number of hydrogen-bond donors (Lipinski definition) is 1. The Bertz CT molecular complexity index is 512. The van der Waals surface area contributed by atoms with Crippen LogP contribution in [0, 0.1) is 0 Å². The van der Waals surface area contributed by atoms with E-state index in [0.29, 0.717) is 5.88 Å². The molecule has 0 aliphatic carbocycles. The summed E-state index contributed by atoms with van der Waals surface area (Å²) in [6.45, 7) is 0.826. The Kier molecular flexibility index (Phi) is 4.61. The van der Waals surface area contributed by atoms with Crippen LogP contribution in [-0.2, 0) is 6.42 Å². The number of benzene rings is 1. The average molecular weight is 258 g/mol. The molecule has 0 aliphatic heterocycles. The summed E-state index contributed by atoms with van der Waals surface area (Å²) in [6.07, 6.45) is 0.933. The normalized spacial score (nSPS) is 10.0. The lowest BCUT2D eigenvalue weighted by Gasteiger charge is -2.07. The van der Waals surface area contributed by atoms with Crippen LogP contribution in [0.3, 0.4) is 0 Å². The van der Waals surface area contributed by atoms with Crippen molar-refractivity contribution in [3.63, 3.8) is 0 Å². The number of nitrogens with zero attached hydrogens (tertiary/aromatic N) is 1. The maximum atomic E-state index is 5.13. The fourth-order valence-electron chi connectivity index (χ4n) is 1.75. The van der Waals surface area contributed by atoms with Gasteiger partial charge >= 0.3 is 0 Å². The van der Waals surface area contributed by atoms with E-state index in [1.807, 2.05) is 30.3 Å². The fraction of sp³-hybridized carbons (Fsp3) is 0.267. The first-order valence-corrected chi connectivity index (χ1v) is 6.19. The Hall–Kier alpha value is -2.23. The third-order valence-electron chi connectivity index (χ3n) is 2.81. The molecule has 4 nitrogen and oxygen atoms in total. The van der Waals surface area contributed by atoms with E-state index >= 15 is 0 Å². The molecular formula is C15H18N2O2. The van der Waals surface area contributed by atoms with E-state index in [-0.39, 0.29) is 0 Å². The first-order valence-electron chi connectivity index (χ1n) is 6.19. The molecule has 0 amide bonds. The molecule has 19 heavy (non-hydrogen) atoms. The van der Waals surface area contributed by atoms with Crippen molar-refractivity contribution in [2.24, 2.45) is 0 Å². The number of nitrogens with one attached hydrogen (secondary N) is 1. The number of hydrogen-bond acceptors (Lipinski definition) is 4. The molecule has 4 heteroatoms. The minimum atomic E-state index is 0.620. The van der Waals surface area contributed by atoms with Gasteiger partial charge in [-0.15, -0.1) is 0 Å². The van der Waals surface area contributed by atoms with Gasteiger partial charge in [0.15, 0.2) is 0 Å². The van der Waals surface area contributed by atoms with E-state index in [9.17, 15) is 0 Å². The third kappa shape index (κ3) is 3.88. The van der Waals surface area contributed by atoms with Crippen molar-refractivity contribution < 1.29 is 9.47 Å². The molecule has 0 fully saturated rings. The highest BCUT2D eigenvalue weighted by Gasteiger charge is 1.98. The SMILES string of the molecule is COc1ccc(CCNc2cccc(OC)n2)cc1. The van der Waals surface area contributed by atoms with Crippen LogP contribution in [0.25, 0.3) is 0 Å². The molecule has 0 aliphatic rings. The molecule has 0 atom stereocenters. The number of methoxy groups -OCH3 is 2. The van der Waals surface area contributed by atoms with Crippen LogP contribution in [0.2, 0.25) is 0 Å². The van der Waals surface area contributed by atoms with Crippen molar-refractivity contribution in [3.05, 3.63) is 48.0 Å². The van der Waals surface area contributed by atoms with E-state index in [0.717, 1.165) is 24.5 Å². The highest BCUT2D eigenvalue weighted by Crippen LogP contribution is 2.13. The van der Waals surface area contributed by atoms with Gasteiger partial charge in [0.1, 0.15) is 11.6 Å². The summed E-state index contributed by atoms with van der Waals surface area (Å²) < 4.78 is 10.2. The predicted octanol–water partition coefficient (Wildman–Crippen LogP) is 2.75. The molecule has 0 radical (unpaired) electrons. The van der Waals surface area contributed by atoms with Gasteiger partial charge in [-0.05, 0) is 30.2 Å². The summed E-state index contributed by atoms with van der Waals surface area (Å²) in [6, 6.07) is 13.8. The average Bonchev–Trinajstić information content (AvgIpc) is 2.48. The van der Waals surface area contributed by atoms with E-state index in [1.54, 1.807) is 14.2 Å². The minimum absolute atomic E-state index is 0.620. The van der Waals surface area contributed by atoms with Gasteiger partial charge in [0, 0.05) is 12.6 Å². The first kappa shape index (κ1) is 13.2. The van der Waals surface area contributed by atoms with E-state index in [1.165, 1.54) is 5.56 Å². The molecule has 1 aromatic heterocycles. The zero-order valence-corrected chi connectivity index (χ0v) is 11.2. The van der Waals surface area contributed by atoms with Crippen LogP contribution < -0.4 is 14.8 Å². The summed E-state index contributed by atoms with van der Waals surface area (Å²) in [5.74, 6) is 2.33. The summed E-state index contributed by atoms with van der Waals surface area (Å²) in [5.41, 5.74) is 1.26. The van der Waals surface area contributed by atoms with E-state index in [2.05, 4.69) is 22.4 Å². The molecule has 1 heterocycles. The van der Waals surface area contributed by atoms with Gasteiger partial charge in [-0.2, -0.15) is 4.98 Å². The van der Waals surface area contributed by atoms with Crippen LogP contribution in [0.5, 0.6) is 11.6 Å². The van der Waals surface area contributed by atoms with E-state index in [4.69, 9.17) is 9.47 Å². The highest BCUT2D eigenvalue weighted by atomic mass is 16.5. The van der Waals surface area contributed by atoms with Gasteiger partial charge < -0.3 is 14.8 Å². The lowest BCUT2D eigenvalue weighted by Crippen LogP contribution is -2.06. The number of aromatic nitrogens is 1. The smallest absolute Gasteiger partial charge is 0.214 e. The van der Waals surface area contributed by atoms with Crippen LogP contribution in [0.4, 0.5) is 5.82 Å². The zero-order chi connectivity index (χ0) is 13.5. The predicted molar refractivity (Wildman–Crippen MR) is 76.0 cm³/mol. The van der Waals surface area contributed by atoms with Crippen molar-refractivity contribution in [1.29, 1.82) is 0 Å². The lowest BCUT2D eigenvalue weighted by atomic mass is 10.1. The van der Waals surface area contributed by atoms with Crippen molar-refractivity contribution in [2.45, 2.75) is 6.42 Å². The maximum absolute atomic E-state index is 5.13. The van der Waals surface area contributed by atoms with Crippen LogP contribution in [0.1, 0.15) is 5.56 Å². The number of pyridine rings is 1. The molecule has 0 unspecified atom stereocenters. The topological polar surface area (TPSA) is 43.4 Å². The Balaban J connectivity index is 1.85. The molecule has 0 bridgehead atoms. The van der Waals surface area contributed by atoms with Crippen LogP contribution in [0.15, 0.2) is 42.5 Å². The van der Waals surface area contributed by atoms with Crippen LogP contribution in [-0.4, -0.2) is 25.7 Å². The van der Waals surface area contributed by atoms with Gasteiger partial charge in [-0.3, -0.25) is 0 Å². The van der Waals surface area contributed by atoms with Crippen molar-refractivity contribution >= 4 is 5.82 Å². The molecule has 0 saturated carbocycles. The number of ether oxygens (including phenoxy) is 2. The van der Waals surface area contributed by atoms with Crippen molar-refractivity contribution in [1.82, 2.24) is 4.98 Å². The molecule has 100 valence electrons. The Morgan fingerprint density at radius 2 is 1.79 bits per heavy atom. The van der Waals surface area contributed by atoms with Gasteiger partial charge in [0.2, 0.25) is 5.88 Å². The van der Waals surface area contributed by atoms with Crippen molar-refractivity contribution in [2.75, 3.05) is 26.1 Å². The Morgan fingerprint density at radius 1 is 1.00 bits per heavy atom. The second kappa shape index (κ2) is 6.64. The van der Waals surface area contributed by atoms with Crippen LogP contribution >= 0.6 is 0 Å². The summed E-state index contributed by atoms with van der Waals surface area (Å²) in [5, 5.41) is 3.27. The molecule has 0 spiro atoms. The molecule has 1 aromatic carbocycles. The van der Waals surface area contributed by atoms with Crippen molar-refractivity contribution in [3.8, 4) is 11.6 Å². The van der Waals surface area contributed by atoms with Gasteiger partial charge in [-0.25, -0.2) is 0 Å². The second-order valence-corrected chi connectivity index (χ2v) is 4.09. The first-order chi connectivity index (χ1) is 9.31. The maximum Gasteiger partial charge on any atom is 0.214 e. The largest absolute Gasteiger partial charge is 0.497 e. The molecule has 0 saturated heterocycles. The fourth-order valence-corrected chi connectivity index (χ4v) is 1.75. The second-order valence-electron chi connectivity index (χ2n) is 4.09. The summed E-state index contributed by atoms with van der Waals surface area (Å²) in [4.78, 5) is 4.30. The van der Waals surface area contributed by atoms with E-state index < -0.39 is 0 Å². The monoisotopic (exact) mass is 258 g/mol. The quantitative estimate of drug-likeness (QED) is 0.865.